The number of nitrogens with one attached hydrogen (secondary N) is 2. The lowest BCUT2D eigenvalue weighted by Crippen LogP contribution is -2.29. The van der Waals surface area contributed by atoms with Gasteiger partial charge < -0.3 is 19.9 Å². The summed E-state index contributed by atoms with van der Waals surface area (Å²) in [6.07, 6.45) is 6.19. The van der Waals surface area contributed by atoms with Crippen molar-refractivity contribution in [2.45, 2.75) is 43.7 Å². The highest BCUT2D eigenvalue weighted by atomic mass is 32.2. The minimum absolute atomic E-state index is 0.0301. The molecule has 0 amide bonds. The zero-order valence-electron chi connectivity index (χ0n) is 18.7. The Morgan fingerprint density at radius 1 is 1.24 bits per heavy atom. The number of hydrogen-bond acceptors (Lipinski definition) is 9. The van der Waals surface area contributed by atoms with Crippen LogP contribution in [0.15, 0.2) is 35.7 Å². The first kappa shape index (κ1) is 24.5. The van der Waals surface area contributed by atoms with E-state index in [9.17, 15) is 17.6 Å². The molecule has 1 aliphatic heterocycles. The highest BCUT2D eigenvalue weighted by Gasteiger charge is 2.20. The summed E-state index contributed by atoms with van der Waals surface area (Å²) in [5.74, 6) is -0.304. The van der Waals surface area contributed by atoms with Gasteiger partial charge in [-0.25, -0.2) is 27.8 Å². The number of ether oxygens (including phenoxy) is 1. The van der Waals surface area contributed by atoms with Crippen LogP contribution in [-0.4, -0.2) is 59.9 Å². The maximum atomic E-state index is 14.4. The second kappa shape index (κ2) is 10.7. The van der Waals surface area contributed by atoms with E-state index in [2.05, 4.69) is 30.3 Å². The number of anilines is 2. The highest BCUT2D eigenvalue weighted by Crippen LogP contribution is 2.28. The molecule has 2 aromatic heterocycles. The van der Waals surface area contributed by atoms with Gasteiger partial charge in [0.2, 0.25) is 0 Å². The fraction of sp³-hybridized carbons (Fsp3) is 0.429. The molecule has 178 valence electrons. The van der Waals surface area contributed by atoms with E-state index in [0.29, 0.717) is 29.5 Å². The number of sulfone groups is 1. The largest absolute Gasteiger partial charge is 0.465 e. The number of piperidine rings is 1. The molecule has 0 atom stereocenters. The number of fused-ring (bicyclic) bond motifs is 1. The van der Waals surface area contributed by atoms with Gasteiger partial charge in [-0.15, -0.1) is 0 Å². The Balaban J connectivity index is 0.000000454. The summed E-state index contributed by atoms with van der Waals surface area (Å²) in [5, 5.41) is 6.23. The summed E-state index contributed by atoms with van der Waals surface area (Å²) in [7, 11) is -3.47. The van der Waals surface area contributed by atoms with Gasteiger partial charge in [0.15, 0.2) is 26.8 Å². The van der Waals surface area contributed by atoms with Gasteiger partial charge >= 0.3 is 0 Å². The first-order chi connectivity index (χ1) is 15.7. The molecular formula is C21H27FN6O4S. The van der Waals surface area contributed by atoms with E-state index >= 15 is 0 Å². The average molecular weight is 479 g/mol. The molecule has 0 bridgehead atoms. The van der Waals surface area contributed by atoms with Crippen LogP contribution in [0, 0.1) is 5.82 Å². The van der Waals surface area contributed by atoms with Crippen LogP contribution >= 0.6 is 0 Å². The number of nitrogens with zero attached hydrogens (tertiary/aromatic N) is 4. The summed E-state index contributed by atoms with van der Waals surface area (Å²) in [5.41, 5.74) is 1.36. The molecule has 0 unspecified atom stereocenters. The standard InChI is InChI=1S/C17H19FN6O2S.C4H8O2/c1-27(25,26)12-2-3-14(13(18)8-12)23-16-15-17(21-9-20-16)24(10-22-15)11-4-6-19-7-5-11;1-4(2)6-3-5/h2-3,8-11,19H,4-7H2,1H3,(H,20,21,23);3-4H,1-2H3. The fourth-order valence-electron chi connectivity index (χ4n) is 3.36. The summed E-state index contributed by atoms with van der Waals surface area (Å²) in [6.45, 7) is 5.93. The average Bonchev–Trinajstić information content (AvgIpc) is 3.20. The molecule has 4 rings (SSSR count). The molecule has 1 fully saturated rings. The van der Waals surface area contributed by atoms with Gasteiger partial charge in [0.1, 0.15) is 12.1 Å². The Bertz CT molecular complexity index is 1210. The van der Waals surface area contributed by atoms with Crippen LogP contribution in [-0.2, 0) is 19.4 Å². The zero-order chi connectivity index (χ0) is 24.0. The number of rotatable bonds is 6. The smallest absolute Gasteiger partial charge is 0.293 e. The molecule has 0 saturated carbocycles. The minimum atomic E-state index is -3.47. The highest BCUT2D eigenvalue weighted by molar-refractivity contribution is 7.90. The number of carbonyl (C=O) groups excluding carboxylic acids is 1. The lowest BCUT2D eigenvalue weighted by Gasteiger charge is -2.23. The Morgan fingerprint density at radius 2 is 1.97 bits per heavy atom. The van der Waals surface area contributed by atoms with Crippen molar-refractivity contribution in [2.75, 3.05) is 24.7 Å². The number of imidazole rings is 1. The maximum Gasteiger partial charge on any atom is 0.293 e. The predicted octanol–water partition coefficient (Wildman–Crippen LogP) is 2.60. The van der Waals surface area contributed by atoms with E-state index in [0.717, 1.165) is 38.3 Å². The van der Waals surface area contributed by atoms with E-state index in [-0.39, 0.29) is 16.7 Å². The van der Waals surface area contributed by atoms with Crippen molar-refractivity contribution in [1.29, 1.82) is 0 Å². The number of halogens is 1. The maximum absolute atomic E-state index is 14.4. The Hall–Kier alpha value is -3.12. The summed E-state index contributed by atoms with van der Waals surface area (Å²) in [6, 6.07) is 4.03. The second-order valence-electron chi connectivity index (χ2n) is 7.85. The third-order valence-electron chi connectivity index (χ3n) is 5.01. The number of aromatic nitrogens is 4. The first-order valence-corrected chi connectivity index (χ1v) is 12.3. The predicted molar refractivity (Wildman–Crippen MR) is 122 cm³/mol. The van der Waals surface area contributed by atoms with E-state index in [1.54, 1.807) is 20.2 Å². The number of hydrogen-bond donors (Lipinski definition) is 2. The van der Waals surface area contributed by atoms with Gasteiger partial charge in [-0.3, -0.25) is 4.79 Å². The van der Waals surface area contributed by atoms with Crippen molar-refractivity contribution in [2.24, 2.45) is 0 Å². The van der Waals surface area contributed by atoms with Crippen LogP contribution in [0.4, 0.5) is 15.9 Å². The topological polar surface area (TPSA) is 128 Å². The van der Waals surface area contributed by atoms with Gasteiger partial charge in [0.05, 0.1) is 23.0 Å². The molecule has 2 N–H and O–H groups in total. The lowest BCUT2D eigenvalue weighted by atomic mass is 10.1. The molecule has 10 nitrogen and oxygen atoms in total. The third-order valence-corrected chi connectivity index (χ3v) is 6.12. The molecule has 0 aliphatic carbocycles. The van der Waals surface area contributed by atoms with Gasteiger partial charge in [0.25, 0.3) is 6.47 Å². The molecular weight excluding hydrogens is 451 g/mol. The SMILES string of the molecule is CC(C)OC=O.CS(=O)(=O)c1ccc(Nc2ncnc3c2ncn3C2CCNCC2)c(F)c1. The van der Waals surface area contributed by atoms with Gasteiger partial charge in [-0.1, -0.05) is 0 Å². The second-order valence-corrected chi connectivity index (χ2v) is 9.86. The summed E-state index contributed by atoms with van der Waals surface area (Å²) >= 11 is 0. The molecule has 12 heteroatoms. The first-order valence-electron chi connectivity index (χ1n) is 10.4. The normalized spacial score (nSPS) is 14.6. The van der Waals surface area contributed by atoms with E-state index in [1.807, 2.05) is 4.57 Å². The number of carbonyl (C=O) groups is 1. The fourth-order valence-corrected chi connectivity index (χ4v) is 3.99. The third kappa shape index (κ3) is 6.23. The van der Waals surface area contributed by atoms with Crippen molar-refractivity contribution in [3.05, 3.63) is 36.7 Å². The Morgan fingerprint density at radius 3 is 2.55 bits per heavy atom. The molecule has 0 radical (unpaired) electrons. The Kier molecular flexibility index (Phi) is 7.92. The van der Waals surface area contributed by atoms with Crippen LogP contribution in [0.25, 0.3) is 11.2 Å². The molecule has 1 saturated heterocycles. The van der Waals surface area contributed by atoms with Crippen LogP contribution < -0.4 is 10.6 Å². The van der Waals surface area contributed by atoms with Crippen molar-refractivity contribution >= 4 is 39.0 Å². The van der Waals surface area contributed by atoms with Gasteiger partial charge in [0, 0.05) is 12.3 Å². The Labute approximate surface area is 191 Å². The molecule has 3 aromatic rings. The van der Waals surface area contributed by atoms with Crippen molar-refractivity contribution in [3.8, 4) is 0 Å². The van der Waals surface area contributed by atoms with Gasteiger partial charge in [-0.05, 0) is 58.0 Å². The van der Waals surface area contributed by atoms with Crippen LogP contribution in [0.3, 0.4) is 0 Å². The van der Waals surface area contributed by atoms with Crippen LogP contribution in [0.5, 0.6) is 0 Å². The van der Waals surface area contributed by atoms with Crippen molar-refractivity contribution in [1.82, 2.24) is 24.8 Å². The molecule has 3 heterocycles. The lowest BCUT2D eigenvalue weighted by molar-refractivity contribution is -0.131. The zero-order valence-corrected chi connectivity index (χ0v) is 19.5. The summed E-state index contributed by atoms with van der Waals surface area (Å²) < 4.78 is 43.9. The number of benzene rings is 1. The van der Waals surface area contributed by atoms with Crippen LogP contribution in [0.2, 0.25) is 0 Å². The monoisotopic (exact) mass is 478 g/mol. The summed E-state index contributed by atoms with van der Waals surface area (Å²) in [4.78, 5) is 22.3. The van der Waals surface area contributed by atoms with Crippen LogP contribution in [0.1, 0.15) is 32.7 Å². The van der Waals surface area contributed by atoms with Crippen molar-refractivity contribution < 1.29 is 22.3 Å². The molecule has 0 spiro atoms. The molecule has 33 heavy (non-hydrogen) atoms. The van der Waals surface area contributed by atoms with E-state index in [1.165, 1.54) is 18.5 Å². The quantitative estimate of drug-likeness (QED) is 0.514. The van der Waals surface area contributed by atoms with E-state index in [4.69, 9.17) is 0 Å². The van der Waals surface area contributed by atoms with Gasteiger partial charge in [-0.2, -0.15) is 0 Å². The molecule has 1 aliphatic rings. The van der Waals surface area contributed by atoms with Crippen molar-refractivity contribution in [3.63, 3.8) is 0 Å². The van der Waals surface area contributed by atoms with E-state index < -0.39 is 15.7 Å². The minimum Gasteiger partial charge on any atom is -0.465 e. The molecule has 1 aromatic carbocycles.